The third-order valence-corrected chi connectivity index (χ3v) is 3.89. The number of halogens is 3. The van der Waals surface area contributed by atoms with Gasteiger partial charge in [0.2, 0.25) is 0 Å². The second kappa shape index (κ2) is 11.1. The van der Waals surface area contributed by atoms with Crippen molar-refractivity contribution in [2.75, 3.05) is 12.9 Å². The first-order valence-corrected chi connectivity index (χ1v) is 8.92. The summed E-state index contributed by atoms with van der Waals surface area (Å²) in [7, 11) is 0. The maximum absolute atomic E-state index is 13.9. The smallest absolute Gasteiger partial charge is 0.298 e. The fraction of sp³-hybridized carbons (Fsp3) is 0.571. The van der Waals surface area contributed by atoms with Crippen molar-refractivity contribution in [3.8, 4) is 0 Å². The number of aliphatic hydroxyl groups is 1. The van der Waals surface area contributed by atoms with Gasteiger partial charge >= 0.3 is 0 Å². The maximum atomic E-state index is 13.9. The molecule has 0 fully saturated rings. The van der Waals surface area contributed by atoms with Crippen molar-refractivity contribution >= 4 is 30.3 Å². The zero-order chi connectivity index (χ0) is 18.4. The summed E-state index contributed by atoms with van der Waals surface area (Å²) in [6.07, 6.45) is 2.10. The van der Waals surface area contributed by atoms with Gasteiger partial charge in [-0.3, -0.25) is 4.98 Å². The molecule has 0 saturated heterocycles. The van der Waals surface area contributed by atoms with Crippen LogP contribution in [0.5, 0.6) is 0 Å². The molecular formula is C14H18F3N2O3S2Y-. The summed E-state index contributed by atoms with van der Waals surface area (Å²) < 4.78 is 47.4. The summed E-state index contributed by atoms with van der Waals surface area (Å²) in [4.78, 5) is 15.5. The van der Waals surface area contributed by atoms with Crippen LogP contribution in [0.15, 0.2) is 12.3 Å². The Bertz CT molecular complexity index is 584. The van der Waals surface area contributed by atoms with Gasteiger partial charge in [0.1, 0.15) is 12.2 Å². The van der Waals surface area contributed by atoms with Gasteiger partial charge in [0.25, 0.3) is 5.92 Å². The van der Waals surface area contributed by atoms with Gasteiger partial charge in [0.15, 0.2) is 0 Å². The predicted molar refractivity (Wildman–Crippen MR) is 88.4 cm³/mol. The van der Waals surface area contributed by atoms with Crippen LogP contribution in [0.1, 0.15) is 30.7 Å². The zero-order valence-electron chi connectivity index (χ0n) is 14.0. The molecule has 1 unspecified atom stereocenters. The van der Waals surface area contributed by atoms with E-state index in [0.29, 0.717) is 11.3 Å². The van der Waals surface area contributed by atoms with E-state index in [1.54, 1.807) is 0 Å². The van der Waals surface area contributed by atoms with E-state index in [-0.39, 0.29) is 51.1 Å². The number of hydrogen-bond donors (Lipinski definition) is 1. The number of hydrogen-bond acceptors (Lipinski definition) is 6. The number of pyridine rings is 1. The maximum Gasteiger partial charge on any atom is 0.298 e. The second-order valence-electron chi connectivity index (χ2n) is 4.81. The Kier molecular flexibility index (Phi) is 11.1. The molecule has 1 heterocycles. The molecule has 139 valence electrons. The van der Waals surface area contributed by atoms with Crippen LogP contribution in [0.2, 0.25) is 0 Å². The van der Waals surface area contributed by atoms with Crippen molar-refractivity contribution in [1.29, 1.82) is 0 Å². The number of carbonyl (C=O) groups is 1. The molecule has 25 heavy (non-hydrogen) atoms. The van der Waals surface area contributed by atoms with Crippen LogP contribution in [0.25, 0.3) is 4.72 Å². The minimum atomic E-state index is -3.24. The predicted octanol–water partition coefficient (Wildman–Crippen LogP) is 3.75. The molecule has 1 aromatic heterocycles. The molecule has 11 heteroatoms. The van der Waals surface area contributed by atoms with Crippen molar-refractivity contribution in [3.63, 3.8) is 0 Å². The third-order valence-electron chi connectivity index (χ3n) is 3.30. The van der Waals surface area contributed by atoms with E-state index in [9.17, 15) is 22.6 Å². The van der Waals surface area contributed by atoms with E-state index >= 15 is 0 Å². The third kappa shape index (κ3) is 6.35. The molecule has 0 saturated carbocycles. The molecule has 1 atom stereocenters. The Morgan fingerprint density at radius 1 is 1.48 bits per heavy atom. The van der Waals surface area contributed by atoms with Crippen LogP contribution in [-0.4, -0.2) is 34.5 Å². The summed E-state index contributed by atoms with van der Waals surface area (Å²) in [5.41, 5.74) is -1.66. The average Bonchev–Trinajstić information content (AvgIpc) is 2.92. The van der Waals surface area contributed by atoms with E-state index in [0.717, 1.165) is 18.2 Å². The molecule has 1 amide bonds. The second-order valence-corrected chi connectivity index (χ2v) is 5.70. The summed E-state index contributed by atoms with van der Waals surface area (Å²) in [6, 6.07) is 1.18. The Balaban J connectivity index is 0.00000185. The molecule has 1 aliphatic carbocycles. The van der Waals surface area contributed by atoms with Gasteiger partial charge in [-0.05, 0) is 36.0 Å². The van der Waals surface area contributed by atoms with Crippen LogP contribution in [-0.2, 0) is 60.5 Å². The SMILES string of the molecule is CC.CSOCC(F)(F)c1cnc2c(c1)CC(O)(C(=O)[N-]SF)C2.[Y]. The molecule has 1 radical (unpaired) electrons. The Labute approximate surface area is 178 Å². The topological polar surface area (TPSA) is 73.5 Å². The number of fused-ring (bicyclic) bond motifs is 1. The zero-order valence-corrected chi connectivity index (χ0v) is 18.4. The average molecular weight is 472 g/mol. The number of carbonyl (C=O) groups excluding carboxylic acids is 1. The first-order valence-electron chi connectivity index (χ1n) is 7.10. The number of amides is 1. The van der Waals surface area contributed by atoms with Crippen LogP contribution >= 0.6 is 24.4 Å². The van der Waals surface area contributed by atoms with E-state index in [4.69, 9.17) is 0 Å². The van der Waals surface area contributed by atoms with Crippen LogP contribution in [0.3, 0.4) is 0 Å². The summed E-state index contributed by atoms with van der Waals surface area (Å²) in [5, 5.41) is 10.2. The number of nitrogens with zero attached hydrogens (tertiary/aromatic N) is 2. The Morgan fingerprint density at radius 3 is 2.68 bits per heavy atom. The van der Waals surface area contributed by atoms with Gasteiger partial charge in [-0.2, -0.15) is 12.7 Å². The molecule has 0 aromatic carbocycles. The normalized spacial score (nSPS) is 18.5. The number of alkyl halides is 2. The molecule has 2 rings (SSSR count). The number of rotatable bonds is 6. The minimum Gasteiger partial charge on any atom is -0.569 e. The molecule has 0 aliphatic heterocycles. The van der Waals surface area contributed by atoms with Crippen LogP contribution in [0.4, 0.5) is 12.7 Å². The van der Waals surface area contributed by atoms with E-state index in [1.165, 1.54) is 12.3 Å². The van der Waals surface area contributed by atoms with Crippen molar-refractivity contribution in [2.45, 2.75) is 38.2 Å². The van der Waals surface area contributed by atoms with Gasteiger partial charge in [-0.25, -0.2) is 0 Å². The molecule has 1 aromatic rings. The summed E-state index contributed by atoms with van der Waals surface area (Å²) in [5.74, 6) is -4.29. The van der Waals surface area contributed by atoms with E-state index in [2.05, 4.69) is 13.9 Å². The van der Waals surface area contributed by atoms with Crippen molar-refractivity contribution in [2.24, 2.45) is 0 Å². The fourth-order valence-corrected chi connectivity index (χ4v) is 2.69. The minimum absolute atomic E-state index is 0. The summed E-state index contributed by atoms with van der Waals surface area (Å²) in [6.45, 7) is 3.19. The van der Waals surface area contributed by atoms with Gasteiger partial charge in [0, 0.05) is 69.3 Å². The standard InChI is InChI=1S/C12H13F3N2O3S2.C2H6.Y/c1-21-20-6-12(13,14)8-2-7-3-11(19,10(18)17-22-15)4-9(7)16-5-8;1-2;/h2,5,19H,3-4,6H2,1H3,(H,17,18);1-2H3;/p-1. The van der Waals surface area contributed by atoms with E-state index < -0.39 is 36.4 Å². The summed E-state index contributed by atoms with van der Waals surface area (Å²) >= 11 is 0.269. The largest absolute Gasteiger partial charge is 0.569 e. The first kappa shape index (κ1) is 25.1. The molecule has 0 bridgehead atoms. The molecule has 0 spiro atoms. The van der Waals surface area contributed by atoms with Crippen molar-refractivity contribution < 1.29 is 59.5 Å². The van der Waals surface area contributed by atoms with E-state index in [1.807, 2.05) is 13.8 Å². The fourth-order valence-electron chi connectivity index (χ4n) is 2.19. The molecule has 5 nitrogen and oxygen atoms in total. The Hall–Kier alpha value is 0.134. The van der Waals surface area contributed by atoms with Gasteiger partial charge < -0.3 is 18.8 Å². The Morgan fingerprint density at radius 2 is 2.12 bits per heavy atom. The monoisotopic (exact) mass is 472 g/mol. The quantitative estimate of drug-likeness (QED) is 0.502. The van der Waals surface area contributed by atoms with Gasteiger partial charge in [-0.1, -0.05) is 13.8 Å². The van der Waals surface area contributed by atoms with Crippen molar-refractivity contribution in [3.05, 3.63) is 33.8 Å². The van der Waals surface area contributed by atoms with Crippen LogP contribution < -0.4 is 0 Å². The molecular weight excluding hydrogens is 454 g/mol. The molecule has 1 N–H and O–H groups in total. The number of aromatic nitrogens is 1. The first-order chi connectivity index (χ1) is 11.3. The van der Waals surface area contributed by atoms with Crippen molar-refractivity contribution in [1.82, 2.24) is 4.98 Å². The van der Waals surface area contributed by atoms with Gasteiger partial charge in [0.05, 0.1) is 5.91 Å². The molecule has 1 aliphatic rings. The van der Waals surface area contributed by atoms with Gasteiger partial charge in [-0.15, -0.1) is 0 Å². The van der Waals surface area contributed by atoms with Crippen LogP contribution in [0, 0.1) is 0 Å².